The lowest BCUT2D eigenvalue weighted by Crippen LogP contribution is -2.46. The SMILES string of the molecule is Cc1ccc(CCC(=O)N2CCC(NC(=O)CC(C)C)CC2)cc1. The quantitative estimate of drug-likeness (QED) is 0.871. The number of piperidine rings is 1. The van der Waals surface area contributed by atoms with Crippen molar-refractivity contribution in [3.63, 3.8) is 0 Å². The molecule has 4 nitrogen and oxygen atoms in total. The Morgan fingerprint density at radius 3 is 2.38 bits per heavy atom. The van der Waals surface area contributed by atoms with Crippen LogP contribution in [0.25, 0.3) is 0 Å². The lowest BCUT2D eigenvalue weighted by molar-refractivity contribution is -0.132. The van der Waals surface area contributed by atoms with Crippen molar-refractivity contribution in [2.45, 2.75) is 58.9 Å². The second-order valence-electron chi connectivity index (χ2n) is 7.31. The number of carbonyl (C=O) groups excluding carboxylic acids is 2. The van der Waals surface area contributed by atoms with Gasteiger partial charge < -0.3 is 10.2 Å². The Balaban J connectivity index is 1.70. The number of carbonyl (C=O) groups is 2. The van der Waals surface area contributed by atoms with Gasteiger partial charge in [-0.1, -0.05) is 43.7 Å². The van der Waals surface area contributed by atoms with E-state index in [2.05, 4.69) is 50.4 Å². The van der Waals surface area contributed by atoms with Crippen molar-refractivity contribution >= 4 is 11.8 Å². The number of nitrogens with one attached hydrogen (secondary N) is 1. The fourth-order valence-corrected chi connectivity index (χ4v) is 3.09. The van der Waals surface area contributed by atoms with Gasteiger partial charge in [-0.25, -0.2) is 0 Å². The molecule has 1 aliphatic rings. The van der Waals surface area contributed by atoms with Crippen molar-refractivity contribution in [2.24, 2.45) is 5.92 Å². The van der Waals surface area contributed by atoms with Crippen LogP contribution in [-0.4, -0.2) is 35.8 Å². The third-order valence-corrected chi connectivity index (χ3v) is 4.55. The van der Waals surface area contributed by atoms with Crippen molar-refractivity contribution in [3.8, 4) is 0 Å². The lowest BCUT2D eigenvalue weighted by Gasteiger charge is -2.32. The molecule has 0 aliphatic carbocycles. The van der Waals surface area contributed by atoms with Crippen LogP contribution in [0.5, 0.6) is 0 Å². The molecule has 1 aromatic rings. The number of rotatable bonds is 6. The summed E-state index contributed by atoms with van der Waals surface area (Å²) in [6.07, 6.45) is 3.66. The van der Waals surface area contributed by atoms with Crippen LogP contribution in [0.1, 0.15) is 50.7 Å². The molecule has 2 rings (SSSR count). The molecule has 1 fully saturated rings. The Morgan fingerprint density at radius 1 is 1.17 bits per heavy atom. The van der Waals surface area contributed by atoms with E-state index in [1.807, 2.05) is 4.90 Å². The highest BCUT2D eigenvalue weighted by molar-refractivity contribution is 5.77. The fraction of sp³-hybridized carbons (Fsp3) is 0.600. The van der Waals surface area contributed by atoms with Crippen LogP contribution in [0.15, 0.2) is 24.3 Å². The van der Waals surface area contributed by atoms with Gasteiger partial charge in [0.25, 0.3) is 0 Å². The van der Waals surface area contributed by atoms with Crippen LogP contribution >= 0.6 is 0 Å². The molecule has 1 N–H and O–H groups in total. The van der Waals surface area contributed by atoms with Crippen LogP contribution in [0.4, 0.5) is 0 Å². The summed E-state index contributed by atoms with van der Waals surface area (Å²) in [6, 6.07) is 8.59. The minimum atomic E-state index is 0.133. The maximum Gasteiger partial charge on any atom is 0.222 e. The topological polar surface area (TPSA) is 49.4 Å². The summed E-state index contributed by atoms with van der Waals surface area (Å²) in [5, 5.41) is 3.10. The van der Waals surface area contributed by atoms with Gasteiger partial charge >= 0.3 is 0 Å². The molecule has 0 saturated carbocycles. The molecular weight excluding hydrogens is 300 g/mol. The maximum atomic E-state index is 12.4. The number of aryl methyl sites for hydroxylation is 2. The number of hydrogen-bond donors (Lipinski definition) is 1. The summed E-state index contributed by atoms with van der Waals surface area (Å²) < 4.78 is 0. The van der Waals surface area contributed by atoms with Gasteiger partial charge in [-0.05, 0) is 37.7 Å². The summed E-state index contributed by atoms with van der Waals surface area (Å²) in [7, 11) is 0. The third kappa shape index (κ3) is 5.99. The molecule has 0 spiro atoms. The molecule has 4 heteroatoms. The van der Waals surface area contributed by atoms with Gasteiger partial charge in [0.05, 0.1) is 0 Å². The van der Waals surface area contributed by atoms with E-state index in [0.717, 1.165) is 32.4 Å². The number of hydrogen-bond acceptors (Lipinski definition) is 2. The Hall–Kier alpha value is -1.84. The Morgan fingerprint density at radius 2 is 1.79 bits per heavy atom. The average molecular weight is 330 g/mol. The van der Waals surface area contributed by atoms with E-state index in [1.54, 1.807) is 0 Å². The van der Waals surface area contributed by atoms with Gasteiger partial charge in [0.2, 0.25) is 11.8 Å². The zero-order chi connectivity index (χ0) is 17.5. The largest absolute Gasteiger partial charge is 0.353 e. The summed E-state index contributed by atoms with van der Waals surface area (Å²) in [6.45, 7) is 7.67. The molecule has 0 bridgehead atoms. The molecule has 0 atom stereocenters. The highest BCUT2D eigenvalue weighted by Crippen LogP contribution is 2.14. The molecule has 0 unspecified atom stereocenters. The Bertz CT molecular complexity index is 543. The van der Waals surface area contributed by atoms with E-state index in [4.69, 9.17) is 0 Å². The Labute approximate surface area is 145 Å². The normalized spacial score (nSPS) is 15.6. The van der Waals surface area contributed by atoms with E-state index in [9.17, 15) is 9.59 Å². The molecule has 1 aromatic carbocycles. The van der Waals surface area contributed by atoms with Gasteiger partial charge in [-0.15, -0.1) is 0 Å². The molecule has 1 saturated heterocycles. The van der Waals surface area contributed by atoms with Gasteiger partial charge in [-0.3, -0.25) is 9.59 Å². The molecule has 132 valence electrons. The maximum absolute atomic E-state index is 12.4. The van der Waals surface area contributed by atoms with Crippen molar-refractivity contribution < 1.29 is 9.59 Å². The van der Waals surface area contributed by atoms with E-state index in [1.165, 1.54) is 11.1 Å². The van der Waals surface area contributed by atoms with E-state index in [-0.39, 0.29) is 17.9 Å². The summed E-state index contributed by atoms with van der Waals surface area (Å²) in [5.41, 5.74) is 2.46. The first-order chi connectivity index (χ1) is 11.4. The van der Waals surface area contributed by atoms with Gasteiger partial charge in [0.1, 0.15) is 0 Å². The average Bonchev–Trinajstić information content (AvgIpc) is 2.54. The summed E-state index contributed by atoms with van der Waals surface area (Å²) >= 11 is 0. The first kappa shape index (κ1) is 18.5. The molecule has 1 heterocycles. The zero-order valence-corrected chi connectivity index (χ0v) is 15.2. The summed E-state index contributed by atoms with van der Waals surface area (Å²) in [4.78, 5) is 26.1. The van der Waals surface area contributed by atoms with E-state index in [0.29, 0.717) is 18.8 Å². The second kappa shape index (κ2) is 8.86. The van der Waals surface area contributed by atoms with Gasteiger partial charge in [0, 0.05) is 32.0 Å². The van der Waals surface area contributed by atoms with Crippen molar-refractivity contribution in [3.05, 3.63) is 35.4 Å². The summed E-state index contributed by atoms with van der Waals surface area (Å²) in [5.74, 6) is 0.741. The molecule has 1 aliphatic heterocycles. The zero-order valence-electron chi connectivity index (χ0n) is 15.2. The predicted octanol–water partition coefficient (Wildman–Crippen LogP) is 3.08. The molecular formula is C20H30N2O2. The van der Waals surface area contributed by atoms with Crippen LogP contribution < -0.4 is 5.32 Å². The highest BCUT2D eigenvalue weighted by Gasteiger charge is 2.23. The number of benzene rings is 1. The predicted molar refractivity (Wildman–Crippen MR) is 96.7 cm³/mol. The molecule has 24 heavy (non-hydrogen) atoms. The molecule has 0 aromatic heterocycles. The van der Waals surface area contributed by atoms with Crippen LogP contribution in [0.3, 0.4) is 0 Å². The fourth-order valence-electron chi connectivity index (χ4n) is 3.09. The Kier molecular flexibility index (Phi) is 6.83. The van der Waals surface area contributed by atoms with Crippen molar-refractivity contribution in [2.75, 3.05) is 13.1 Å². The van der Waals surface area contributed by atoms with Crippen molar-refractivity contribution in [1.29, 1.82) is 0 Å². The first-order valence-corrected chi connectivity index (χ1v) is 9.06. The van der Waals surface area contributed by atoms with E-state index < -0.39 is 0 Å². The van der Waals surface area contributed by atoms with Crippen LogP contribution in [-0.2, 0) is 16.0 Å². The third-order valence-electron chi connectivity index (χ3n) is 4.55. The highest BCUT2D eigenvalue weighted by atomic mass is 16.2. The van der Waals surface area contributed by atoms with Crippen LogP contribution in [0.2, 0.25) is 0 Å². The minimum Gasteiger partial charge on any atom is -0.353 e. The van der Waals surface area contributed by atoms with E-state index >= 15 is 0 Å². The van der Waals surface area contributed by atoms with Crippen LogP contribution in [0, 0.1) is 12.8 Å². The number of likely N-dealkylation sites (tertiary alicyclic amines) is 1. The minimum absolute atomic E-state index is 0.133. The second-order valence-corrected chi connectivity index (χ2v) is 7.31. The number of amides is 2. The lowest BCUT2D eigenvalue weighted by atomic mass is 10.0. The molecule has 0 radical (unpaired) electrons. The smallest absolute Gasteiger partial charge is 0.222 e. The first-order valence-electron chi connectivity index (χ1n) is 9.06. The van der Waals surface area contributed by atoms with Crippen molar-refractivity contribution in [1.82, 2.24) is 10.2 Å². The molecule has 2 amide bonds. The van der Waals surface area contributed by atoms with Gasteiger partial charge in [0.15, 0.2) is 0 Å². The monoisotopic (exact) mass is 330 g/mol. The number of nitrogens with zero attached hydrogens (tertiary/aromatic N) is 1. The standard InChI is InChI=1S/C20H30N2O2/c1-15(2)14-19(23)21-18-10-12-22(13-11-18)20(24)9-8-17-6-4-16(3)5-7-17/h4-7,15,18H,8-14H2,1-3H3,(H,21,23). The van der Waals surface area contributed by atoms with Gasteiger partial charge in [-0.2, -0.15) is 0 Å².